The Morgan fingerprint density at radius 3 is 2.25 bits per heavy atom. The summed E-state index contributed by atoms with van der Waals surface area (Å²) >= 11 is 0. The molecule has 0 unspecified atom stereocenters. The first-order valence-corrected chi connectivity index (χ1v) is 12.0. The first-order chi connectivity index (χ1) is 17.7. The number of H-pyrrole nitrogens is 2. The van der Waals surface area contributed by atoms with Gasteiger partial charge in [-0.1, -0.05) is 66.7 Å². The van der Waals surface area contributed by atoms with Crippen molar-refractivity contribution in [3.63, 3.8) is 0 Å². The molecule has 36 heavy (non-hydrogen) atoms. The number of para-hydroxylation sites is 1. The molecule has 6 rings (SSSR count). The van der Waals surface area contributed by atoms with Crippen molar-refractivity contribution in [1.82, 2.24) is 15.3 Å². The van der Waals surface area contributed by atoms with Gasteiger partial charge in [-0.2, -0.15) is 0 Å². The van der Waals surface area contributed by atoms with E-state index in [4.69, 9.17) is 4.74 Å². The van der Waals surface area contributed by atoms with Crippen LogP contribution in [-0.2, 0) is 11.2 Å². The van der Waals surface area contributed by atoms with E-state index in [1.54, 1.807) is 18.3 Å². The van der Waals surface area contributed by atoms with Crippen LogP contribution in [0.3, 0.4) is 0 Å². The number of Topliss-reactive ketones (excluding diaryl/α,β-unsaturated/α-hetero) is 1. The van der Waals surface area contributed by atoms with Crippen LogP contribution >= 0.6 is 0 Å². The maximum atomic E-state index is 13.3. The smallest absolute Gasteiger partial charge is 0.407 e. The lowest BCUT2D eigenvalue weighted by Gasteiger charge is -2.19. The van der Waals surface area contributed by atoms with Crippen molar-refractivity contribution in [2.75, 3.05) is 6.61 Å². The Hall–Kier alpha value is -4.58. The zero-order valence-corrected chi connectivity index (χ0v) is 19.5. The number of aromatic nitrogens is 2. The third-order valence-electron chi connectivity index (χ3n) is 6.91. The van der Waals surface area contributed by atoms with Gasteiger partial charge in [0.1, 0.15) is 12.6 Å². The molecule has 1 atom stereocenters. The fourth-order valence-corrected chi connectivity index (χ4v) is 5.18. The van der Waals surface area contributed by atoms with Gasteiger partial charge in [0.2, 0.25) is 5.78 Å². The Morgan fingerprint density at radius 1 is 0.833 bits per heavy atom. The summed E-state index contributed by atoms with van der Waals surface area (Å²) < 4.78 is 5.72. The van der Waals surface area contributed by atoms with Crippen molar-refractivity contribution < 1.29 is 14.3 Å². The second-order valence-electron chi connectivity index (χ2n) is 9.03. The first kappa shape index (κ1) is 21.9. The zero-order valence-electron chi connectivity index (χ0n) is 19.5. The van der Waals surface area contributed by atoms with Gasteiger partial charge in [0.15, 0.2) is 0 Å². The van der Waals surface area contributed by atoms with Gasteiger partial charge >= 0.3 is 6.09 Å². The quantitative estimate of drug-likeness (QED) is 0.259. The first-order valence-electron chi connectivity index (χ1n) is 12.0. The molecule has 1 aliphatic carbocycles. The maximum absolute atomic E-state index is 13.3. The van der Waals surface area contributed by atoms with Crippen molar-refractivity contribution in [3.8, 4) is 11.1 Å². The van der Waals surface area contributed by atoms with E-state index in [0.29, 0.717) is 12.1 Å². The number of carbonyl (C=O) groups is 2. The highest BCUT2D eigenvalue weighted by Gasteiger charge is 2.30. The van der Waals surface area contributed by atoms with Gasteiger partial charge in [-0.05, 0) is 46.0 Å². The lowest BCUT2D eigenvalue weighted by Crippen LogP contribution is -2.43. The highest BCUT2D eigenvalue weighted by molar-refractivity contribution is 6.00. The van der Waals surface area contributed by atoms with Crippen LogP contribution in [0.5, 0.6) is 0 Å². The van der Waals surface area contributed by atoms with Crippen molar-refractivity contribution in [2.24, 2.45) is 0 Å². The van der Waals surface area contributed by atoms with Crippen molar-refractivity contribution in [2.45, 2.75) is 18.4 Å². The Balaban J connectivity index is 1.21. The van der Waals surface area contributed by atoms with Crippen LogP contribution < -0.4 is 5.32 Å². The fourth-order valence-electron chi connectivity index (χ4n) is 5.18. The summed E-state index contributed by atoms with van der Waals surface area (Å²) in [6.45, 7) is 0.191. The van der Waals surface area contributed by atoms with Gasteiger partial charge < -0.3 is 20.0 Å². The largest absolute Gasteiger partial charge is 0.449 e. The highest BCUT2D eigenvalue weighted by Crippen LogP contribution is 2.44. The Kier molecular flexibility index (Phi) is 5.62. The van der Waals surface area contributed by atoms with Crippen LogP contribution in [0.4, 0.5) is 4.79 Å². The summed E-state index contributed by atoms with van der Waals surface area (Å²) in [6.07, 6.45) is 3.32. The number of carbonyl (C=O) groups excluding carboxylic acids is 2. The van der Waals surface area contributed by atoms with E-state index < -0.39 is 12.1 Å². The lowest BCUT2D eigenvalue weighted by atomic mass is 9.98. The number of nitrogens with one attached hydrogen (secondary N) is 3. The average Bonchev–Trinajstić information content (AvgIpc) is 3.65. The zero-order chi connectivity index (χ0) is 24.5. The van der Waals surface area contributed by atoms with Crippen LogP contribution in [0.2, 0.25) is 0 Å². The Morgan fingerprint density at radius 2 is 1.53 bits per heavy atom. The molecule has 0 spiro atoms. The van der Waals surface area contributed by atoms with Crippen LogP contribution in [-0.4, -0.2) is 34.5 Å². The molecule has 5 aromatic rings. The van der Waals surface area contributed by atoms with Crippen molar-refractivity contribution in [3.05, 3.63) is 120 Å². The highest BCUT2D eigenvalue weighted by atomic mass is 16.5. The predicted molar refractivity (Wildman–Crippen MR) is 139 cm³/mol. The number of benzene rings is 3. The van der Waals surface area contributed by atoms with Gasteiger partial charge in [-0.25, -0.2) is 4.79 Å². The molecule has 3 N–H and O–H groups in total. The molecule has 1 amide bonds. The van der Waals surface area contributed by atoms with Crippen molar-refractivity contribution >= 4 is 22.8 Å². The van der Waals surface area contributed by atoms with Gasteiger partial charge in [0.25, 0.3) is 0 Å². The van der Waals surface area contributed by atoms with Crippen LogP contribution in [0.15, 0.2) is 97.3 Å². The number of alkyl carbamates (subject to hydrolysis) is 1. The third kappa shape index (κ3) is 3.96. The van der Waals surface area contributed by atoms with Gasteiger partial charge in [0.05, 0.1) is 5.69 Å². The number of hydrogen-bond acceptors (Lipinski definition) is 3. The molecule has 0 saturated heterocycles. The number of amides is 1. The minimum atomic E-state index is -0.779. The van der Waals surface area contributed by atoms with Gasteiger partial charge in [-0.3, -0.25) is 4.79 Å². The molecule has 0 saturated carbocycles. The SMILES string of the molecule is O=C(N[C@@H](Cc1c[nH]c2ccccc12)C(=O)c1ccc[nH]1)OCC1c2ccccc2-c2ccccc21. The molecule has 6 heteroatoms. The van der Waals surface area contributed by atoms with E-state index in [1.807, 2.05) is 54.7 Å². The van der Waals surface area contributed by atoms with Gasteiger partial charge in [0, 0.05) is 35.6 Å². The summed E-state index contributed by atoms with van der Waals surface area (Å²) in [5, 5.41) is 3.86. The molecule has 0 fully saturated rings. The molecule has 6 nitrogen and oxygen atoms in total. The predicted octanol–water partition coefficient (Wildman–Crippen LogP) is 5.83. The molecule has 1 aliphatic rings. The molecular formula is C30H25N3O3. The number of fused-ring (bicyclic) bond motifs is 4. The second-order valence-corrected chi connectivity index (χ2v) is 9.03. The molecule has 0 aliphatic heterocycles. The molecule has 3 aromatic carbocycles. The normalized spacial score (nSPS) is 13.2. The molecule has 2 heterocycles. The minimum absolute atomic E-state index is 0.0469. The summed E-state index contributed by atoms with van der Waals surface area (Å²) in [5.74, 6) is -0.242. The number of ether oxygens (including phenoxy) is 1. The maximum Gasteiger partial charge on any atom is 0.407 e. The second kappa shape index (κ2) is 9.23. The molecule has 178 valence electrons. The summed E-state index contributed by atoms with van der Waals surface area (Å²) in [6, 6.07) is 27.0. The van der Waals surface area contributed by atoms with Crippen molar-refractivity contribution in [1.29, 1.82) is 0 Å². The van der Waals surface area contributed by atoms with E-state index >= 15 is 0 Å². The fraction of sp³-hybridized carbons (Fsp3) is 0.133. The number of hydrogen-bond donors (Lipinski definition) is 3. The monoisotopic (exact) mass is 475 g/mol. The molecular weight excluding hydrogens is 450 g/mol. The number of rotatable bonds is 7. The van der Waals surface area contributed by atoms with E-state index in [2.05, 4.69) is 39.6 Å². The Bertz CT molecular complexity index is 1510. The third-order valence-corrected chi connectivity index (χ3v) is 6.91. The standard InChI is InChI=1S/C30H25N3O3/c34-29(27-14-7-15-31-27)28(16-19-17-32-26-13-6-5-8-20(19)26)33-30(35)36-18-25-23-11-3-1-9-21(23)22-10-2-4-12-24(22)25/h1-15,17,25,28,31-32H,16,18H2,(H,33,35)/t28-/m0/s1. The van der Waals surface area contributed by atoms with Gasteiger partial charge in [-0.15, -0.1) is 0 Å². The molecule has 0 bridgehead atoms. The van der Waals surface area contributed by atoms with E-state index in [-0.39, 0.29) is 18.3 Å². The van der Waals surface area contributed by atoms with E-state index in [0.717, 1.165) is 27.6 Å². The Labute approximate surface area is 208 Å². The molecule has 0 radical (unpaired) electrons. The van der Waals surface area contributed by atoms with Crippen LogP contribution in [0, 0.1) is 0 Å². The number of aromatic amines is 2. The van der Waals surface area contributed by atoms with E-state index in [9.17, 15) is 9.59 Å². The number of ketones is 1. The summed E-state index contributed by atoms with van der Waals surface area (Å²) in [4.78, 5) is 32.5. The van der Waals surface area contributed by atoms with E-state index in [1.165, 1.54) is 11.1 Å². The van der Waals surface area contributed by atoms with Crippen LogP contribution in [0.1, 0.15) is 33.1 Å². The summed E-state index contributed by atoms with van der Waals surface area (Å²) in [7, 11) is 0. The topological polar surface area (TPSA) is 87.0 Å². The average molecular weight is 476 g/mol. The van der Waals surface area contributed by atoms with Crippen LogP contribution in [0.25, 0.3) is 22.0 Å². The minimum Gasteiger partial charge on any atom is -0.449 e. The molecule has 2 aromatic heterocycles. The summed E-state index contributed by atoms with van der Waals surface area (Å²) in [5.41, 5.74) is 7.00. The lowest BCUT2D eigenvalue weighted by molar-refractivity contribution is 0.0915.